The molecule has 1 heterocycles. The number of hydrogen-bond acceptors (Lipinski definition) is 2. The number of carbonyl (C=O) groups excluding carboxylic acids is 1. The van der Waals surface area contributed by atoms with Gasteiger partial charge >= 0.3 is 0 Å². The molecule has 1 saturated heterocycles. The Bertz CT molecular complexity index is 522. The van der Waals surface area contributed by atoms with Crippen LogP contribution in [0.3, 0.4) is 0 Å². The average molecular weight is 320 g/mol. The van der Waals surface area contributed by atoms with E-state index in [2.05, 4.69) is 0 Å². The summed E-state index contributed by atoms with van der Waals surface area (Å²) in [5.74, 6) is -0.534. The van der Waals surface area contributed by atoms with E-state index in [0.717, 1.165) is 6.07 Å². The van der Waals surface area contributed by atoms with Crippen LogP contribution in [0.15, 0.2) is 18.2 Å². The Morgan fingerprint density at radius 1 is 1.55 bits per heavy atom. The van der Waals surface area contributed by atoms with Gasteiger partial charge in [0.2, 0.25) is 0 Å². The zero-order chi connectivity index (χ0) is 14.9. The molecule has 3 nitrogen and oxygen atoms in total. The van der Waals surface area contributed by atoms with Gasteiger partial charge in [0.25, 0.3) is 5.91 Å². The molecule has 0 bridgehead atoms. The molecule has 110 valence electrons. The molecule has 0 saturated carbocycles. The van der Waals surface area contributed by atoms with Crippen molar-refractivity contribution in [2.24, 2.45) is 0 Å². The van der Waals surface area contributed by atoms with Crippen molar-refractivity contribution < 1.29 is 13.9 Å². The molecule has 1 aliphatic rings. The molecule has 0 aromatic heterocycles. The summed E-state index contributed by atoms with van der Waals surface area (Å²) in [5.41, 5.74) is -0.198. The minimum Gasteiger partial charge on any atom is -0.367 e. The lowest BCUT2D eigenvalue weighted by atomic mass is 10.0. The van der Waals surface area contributed by atoms with Gasteiger partial charge in [0.1, 0.15) is 5.82 Å². The van der Waals surface area contributed by atoms with Crippen LogP contribution in [-0.2, 0) is 4.74 Å². The number of nitrogens with zero attached hydrogens (tertiary/aromatic N) is 1. The molecule has 6 heteroatoms. The van der Waals surface area contributed by atoms with Crippen LogP contribution in [0.2, 0.25) is 5.02 Å². The standard InChI is InChI=1S/C14H16Cl2FNO2/c1-14(2)8-18(7-10(6-15)20-14)13(19)9-3-4-11(16)12(17)5-9/h3-5,10H,6-8H2,1-2H3. The van der Waals surface area contributed by atoms with Crippen LogP contribution < -0.4 is 0 Å². The number of ether oxygens (including phenoxy) is 1. The smallest absolute Gasteiger partial charge is 0.254 e. The van der Waals surface area contributed by atoms with Gasteiger partial charge in [-0.1, -0.05) is 11.6 Å². The largest absolute Gasteiger partial charge is 0.367 e. The van der Waals surface area contributed by atoms with Gasteiger partial charge in [-0.2, -0.15) is 0 Å². The fourth-order valence-electron chi connectivity index (χ4n) is 2.34. The minimum atomic E-state index is -0.598. The Hall–Kier alpha value is -0.840. The topological polar surface area (TPSA) is 29.5 Å². The van der Waals surface area contributed by atoms with Crippen LogP contribution >= 0.6 is 23.2 Å². The zero-order valence-electron chi connectivity index (χ0n) is 11.3. The molecule has 1 aromatic rings. The normalized spacial score (nSPS) is 21.9. The average Bonchev–Trinajstić information content (AvgIpc) is 2.39. The molecule has 1 unspecified atom stereocenters. The van der Waals surface area contributed by atoms with Gasteiger partial charge in [-0.05, 0) is 32.0 Å². The predicted molar refractivity (Wildman–Crippen MR) is 77.0 cm³/mol. The van der Waals surface area contributed by atoms with E-state index in [1.54, 1.807) is 4.90 Å². The molecular weight excluding hydrogens is 304 g/mol. The Labute approximate surface area is 127 Å². The van der Waals surface area contributed by atoms with Gasteiger partial charge in [-0.15, -0.1) is 11.6 Å². The van der Waals surface area contributed by atoms with E-state index in [4.69, 9.17) is 27.9 Å². The fraction of sp³-hybridized carbons (Fsp3) is 0.500. The number of hydrogen-bond donors (Lipinski definition) is 0. The SMILES string of the molecule is CC1(C)CN(C(=O)c2ccc(Cl)c(F)c2)CC(CCl)O1. The molecule has 1 fully saturated rings. The number of morpholine rings is 1. The maximum absolute atomic E-state index is 13.5. The maximum atomic E-state index is 13.5. The lowest BCUT2D eigenvalue weighted by Gasteiger charge is -2.42. The molecule has 1 aromatic carbocycles. The highest BCUT2D eigenvalue weighted by Gasteiger charge is 2.35. The zero-order valence-corrected chi connectivity index (χ0v) is 12.8. The predicted octanol–water partition coefficient (Wildman–Crippen LogP) is 3.34. The number of benzene rings is 1. The summed E-state index contributed by atoms with van der Waals surface area (Å²) >= 11 is 11.5. The molecule has 0 N–H and O–H groups in total. The molecule has 1 aliphatic heterocycles. The van der Waals surface area contributed by atoms with Gasteiger partial charge in [0, 0.05) is 18.7 Å². The maximum Gasteiger partial charge on any atom is 0.254 e. The van der Waals surface area contributed by atoms with Crippen molar-refractivity contribution in [1.82, 2.24) is 4.90 Å². The molecule has 2 rings (SSSR count). The summed E-state index contributed by atoms with van der Waals surface area (Å²) in [5, 5.41) is 0.00231. The summed E-state index contributed by atoms with van der Waals surface area (Å²) in [6.45, 7) is 4.63. The Morgan fingerprint density at radius 3 is 2.85 bits per heavy atom. The monoisotopic (exact) mass is 319 g/mol. The third-order valence-electron chi connectivity index (χ3n) is 3.11. The third-order valence-corrected chi connectivity index (χ3v) is 3.76. The van der Waals surface area contributed by atoms with Crippen LogP contribution in [0, 0.1) is 5.82 Å². The van der Waals surface area contributed by atoms with Crippen molar-refractivity contribution in [1.29, 1.82) is 0 Å². The van der Waals surface area contributed by atoms with E-state index >= 15 is 0 Å². The quantitative estimate of drug-likeness (QED) is 0.782. The second-order valence-corrected chi connectivity index (χ2v) is 6.18. The van der Waals surface area contributed by atoms with Crippen LogP contribution in [-0.4, -0.2) is 41.5 Å². The summed E-state index contributed by atoms with van der Waals surface area (Å²) in [6, 6.07) is 4.06. The summed E-state index contributed by atoms with van der Waals surface area (Å²) in [7, 11) is 0. The Kier molecular flexibility index (Phi) is 4.57. The Balaban J connectivity index is 2.21. The number of rotatable bonds is 2. The highest BCUT2D eigenvalue weighted by Crippen LogP contribution is 2.24. The van der Waals surface area contributed by atoms with Crippen molar-refractivity contribution in [2.45, 2.75) is 25.6 Å². The molecule has 1 amide bonds. The summed E-state index contributed by atoms with van der Waals surface area (Å²) in [6.07, 6.45) is -0.221. The van der Waals surface area contributed by atoms with Gasteiger partial charge in [0.15, 0.2) is 0 Å². The van der Waals surface area contributed by atoms with Crippen molar-refractivity contribution in [2.75, 3.05) is 19.0 Å². The Morgan fingerprint density at radius 2 is 2.25 bits per heavy atom. The van der Waals surface area contributed by atoms with Crippen LogP contribution in [0.1, 0.15) is 24.2 Å². The first-order chi connectivity index (χ1) is 9.32. The molecule has 0 radical (unpaired) electrons. The second-order valence-electron chi connectivity index (χ2n) is 5.47. The molecule has 1 atom stereocenters. The first-order valence-electron chi connectivity index (χ1n) is 6.30. The van der Waals surface area contributed by atoms with Gasteiger partial charge in [-0.3, -0.25) is 4.79 Å². The number of carbonyl (C=O) groups is 1. The van der Waals surface area contributed by atoms with Crippen LogP contribution in [0.25, 0.3) is 0 Å². The van der Waals surface area contributed by atoms with Gasteiger partial charge < -0.3 is 9.64 Å². The first-order valence-corrected chi connectivity index (χ1v) is 7.22. The number of amides is 1. The van der Waals surface area contributed by atoms with E-state index in [9.17, 15) is 9.18 Å². The van der Waals surface area contributed by atoms with Crippen molar-refractivity contribution in [3.8, 4) is 0 Å². The second kappa shape index (κ2) is 5.88. The van der Waals surface area contributed by atoms with E-state index < -0.39 is 11.4 Å². The third kappa shape index (κ3) is 3.43. The lowest BCUT2D eigenvalue weighted by molar-refractivity contribution is -0.117. The lowest BCUT2D eigenvalue weighted by Crippen LogP contribution is -2.55. The summed E-state index contributed by atoms with van der Waals surface area (Å²) in [4.78, 5) is 14.1. The highest BCUT2D eigenvalue weighted by atomic mass is 35.5. The molecule has 20 heavy (non-hydrogen) atoms. The van der Waals surface area contributed by atoms with Crippen molar-refractivity contribution in [3.05, 3.63) is 34.6 Å². The van der Waals surface area contributed by atoms with E-state index in [-0.39, 0.29) is 22.6 Å². The van der Waals surface area contributed by atoms with Crippen molar-refractivity contribution >= 4 is 29.1 Å². The van der Waals surface area contributed by atoms with Gasteiger partial charge in [0.05, 0.1) is 22.6 Å². The number of halogens is 3. The van der Waals surface area contributed by atoms with Crippen molar-refractivity contribution in [3.63, 3.8) is 0 Å². The van der Waals surface area contributed by atoms with E-state index in [0.29, 0.717) is 19.0 Å². The minimum absolute atomic E-state index is 0.00231. The summed E-state index contributed by atoms with van der Waals surface area (Å²) < 4.78 is 19.2. The first kappa shape index (κ1) is 15.5. The number of alkyl halides is 1. The molecular formula is C14H16Cl2FNO2. The molecule has 0 spiro atoms. The van der Waals surface area contributed by atoms with E-state index in [1.165, 1.54) is 12.1 Å². The van der Waals surface area contributed by atoms with Gasteiger partial charge in [-0.25, -0.2) is 4.39 Å². The highest BCUT2D eigenvalue weighted by molar-refractivity contribution is 6.30. The van der Waals surface area contributed by atoms with E-state index in [1.807, 2.05) is 13.8 Å². The fourth-order valence-corrected chi connectivity index (χ4v) is 2.62. The molecule has 0 aliphatic carbocycles. The van der Waals surface area contributed by atoms with Crippen LogP contribution in [0.5, 0.6) is 0 Å². The van der Waals surface area contributed by atoms with Crippen LogP contribution in [0.4, 0.5) is 4.39 Å².